The van der Waals surface area contributed by atoms with Crippen LogP contribution in [0.1, 0.15) is 13.3 Å². The van der Waals surface area contributed by atoms with Gasteiger partial charge in [-0.3, -0.25) is 4.79 Å². The molecule has 5 heteroatoms. The Kier molecular flexibility index (Phi) is 5.47. The Labute approximate surface area is 81.4 Å². The van der Waals surface area contributed by atoms with Gasteiger partial charge in [-0.1, -0.05) is 6.08 Å². The van der Waals surface area contributed by atoms with E-state index in [9.17, 15) is 9.59 Å². The van der Waals surface area contributed by atoms with Crippen LogP contribution < -0.4 is 5.73 Å². The second kappa shape index (κ2) is 6.43. The first-order valence-corrected chi connectivity index (χ1v) is 3.79. The summed E-state index contributed by atoms with van der Waals surface area (Å²) in [6.45, 7) is 1.62. The van der Waals surface area contributed by atoms with Crippen LogP contribution in [0.3, 0.4) is 0 Å². The van der Waals surface area contributed by atoms with Gasteiger partial charge in [0, 0.05) is 17.8 Å². The van der Waals surface area contributed by atoms with Gasteiger partial charge in [-0.25, -0.2) is 4.79 Å². The van der Waals surface area contributed by atoms with E-state index < -0.39 is 11.9 Å². The summed E-state index contributed by atoms with van der Waals surface area (Å²) in [5.74, 6) is -1.57. The minimum absolute atomic E-state index is 0.0610. The molecule has 0 bridgehead atoms. The van der Waals surface area contributed by atoms with Crippen molar-refractivity contribution in [2.75, 3.05) is 0 Å². The molecule has 0 aliphatic heterocycles. The topological polar surface area (TPSA) is 93.2 Å². The van der Waals surface area contributed by atoms with E-state index in [-0.39, 0.29) is 6.42 Å². The zero-order valence-electron chi connectivity index (χ0n) is 7.69. The molecule has 0 aromatic heterocycles. The number of hydrogen-bond donors (Lipinski definition) is 1. The highest BCUT2D eigenvalue weighted by Gasteiger charge is 2.05. The first-order chi connectivity index (χ1) is 6.56. The van der Waals surface area contributed by atoms with E-state index in [1.54, 1.807) is 13.0 Å². The molecule has 0 aliphatic carbocycles. The summed E-state index contributed by atoms with van der Waals surface area (Å²) in [5.41, 5.74) is 5.74. The van der Waals surface area contributed by atoms with Crippen molar-refractivity contribution in [3.63, 3.8) is 0 Å². The Balaban J connectivity index is 3.97. The van der Waals surface area contributed by atoms with Crippen LogP contribution in [0.2, 0.25) is 0 Å². The van der Waals surface area contributed by atoms with Gasteiger partial charge in [0.1, 0.15) is 0 Å². The van der Waals surface area contributed by atoms with E-state index in [0.29, 0.717) is 5.70 Å². The molecular formula is C9H10N2O3. The first-order valence-electron chi connectivity index (χ1n) is 3.79. The number of carbonyl (C=O) groups is 2. The Morgan fingerprint density at radius 2 is 2.21 bits per heavy atom. The van der Waals surface area contributed by atoms with Crippen molar-refractivity contribution in [2.45, 2.75) is 13.3 Å². The fourth-order valence-electron chi connectivity index (χ4n) is 0.538. The molecule has 0 atom stereocenters. The van der Waals surface area contributed by atoms with Crippen LogP contribution in [-0.4, -0.2) is 11.9 Å². The maximum atomic E-state index is 10.9. The van der Waals surface area contributed by atoms with Gasteiger partial charge >= 0.3 is 11.9 Å². The second-order valence-electron chi connectivity index (χ2n) is 2.41. The van der Waals surface area contributed by atoms with Crippen LogP contribution in [0.4, 0.5) is 0 Å². The van der Waals surface area contributed by atoms with Gasteiger partial charge in [0.2, 0.25) is 0 Å². The monoisotopic (exact) mass is 194 g/mol. The van der Waals surface area contributed by atoms with Crippen molar-refractivity contribution in [1.82, 2.24) is 0 Å². The number of allylic oxidation sites excluding steroid dienone is 2. The van der Waals surface area contributed by atoms with Crippen molar-refractivity contribution in [3.8, 4) is 6.07 Å². The molecule has 0 spiro atoms. The lowest BCUT2D eigenvalue weighted by molar-refractivity contribution is -0.155. The highest BCUT2D eigenvalue weighted by atomic mass is 16.6. The molecule has 74 valence electrons. The summed E-state index contributed by atoms with van der Waals surface area (Å²) in [4.78, 5) is 21.6. The lowest BCUT2D eigenvalue weighted by Gasteiger charge is -1.96. The van der Waals surface area contributed by atoms with Crippen molar-refractivity contribution in [3.05, 3.63) is 23.9 Å². The molecule has 0 saturated carbocycles. The highest BCUT2D eigenvalue weighted by molar-refractivity contribution is 5.92. The maximum Gasteiger partial charge on any atom is 0.339 e. The second-order valence-corrected chi connectivity index (χ2v) is 2.41. The lowest BCUT2D eigenvalue weighted by Crippen LogP contribution is -2.09. The fourth-order valence-corrected chi connectivity index (χ4v) is 0.538. The minimum atomic E-state index is -0.861. The third-order valence-electron chi connectivity index (χ3n) is 1.10. The number of carbonyl (C=O) groups excluding carboxylic acids is 2. The van der Waals surface area contributed by atoms with Crippen LogP contribution in [-0.2, 0) is 14.3 Å². The number of nitriles is 1. The van der Waals surface area contributed by atoms with Gasteiger partial charge in [0.15, 0.2) is 0 Å². The molecule has 0 amide bonds. The van der Waals surface area contributed by atoms with Crippen molar-refractivity contribution >= 4 is 11.9 Å². The summed E-state index contributed by atoms with van der Waals surface area (Å²) in [5, 5.41) is 8.07. The molecule has 0 aliphatic rings. The van der Waals surface area contributed by atoms with Gasteiger partial charge in [-0.2, -0.15) is 5.26 Å². The van der Waals surface area contributed by atoms with E-state index in [0.717, 1.165) is 12.2 Å². The molecule has 0 saturated heterocycles. The molecule has 0 aromatic rings. The Bertz CT molecular complexity index is 319. The number of nitrogens with two attached hydrogens (primary N) is 1. The van der Waals surface area contributed by atoms with E-state index in [1.807, 2.05) is 0 Å². The van der Waals surface area contributed by atoms with E-state index in [4.69, 9.17) is 11.0 Å². The van der Waals surface area contributed by atoms with Crippen molar-refractivity contribution in [1.29, 1.82) is 5.26 Å². The normalized spacial score (nSPS) is 11.0. The average molecular weight is 194 g/mol. The number of esters is 2. The Morgan fingerprint density at radius 3 is 2.71 bits per heavy atom. The summed E-state index contributed by atoms with van der Waals surface area (Å²) < 4.78 is 4.29. The standard InChI is InChI=1S/C9H10N2O3/c1-7(11)4-5-9(13)14-8(12)3-2-6-10/h2-4H,5,11H2,1H3. The zero-order valence-corrected chi connectivity index (χ0v) is 7.69. The molecule has 0 fully saturated rings. The molecule has 5 nitrogen and oxygen atoms in total. The van der Waals surface area contributed by atoms with Crippen LogP contribution in [0.5, 0.6) is 0 Å². The number of nitrogens with zero attached hydrogens (tertiary/aromatic N) is 1. The maximum absolute atomic E-state index is 10.9. The Hall–Kier alpha value is -2.09. The molecule has 2 N–H and O–H groups in total. The SMILES string of the molecule is CC(N)=CCC(=O)OC(=O)C=CC#N. The Morgan fingerprint density at radius 1 is 1.57 bits per heavy atom. The van der Waals surface area contributed by atoms with E-state index >= 15 is 0 Å². The third-order valence-corrected chi connectivity index (χ3v) is 1.10. The predicted octanol–water partition coefficient (Wildman–Crippen LogP) is 0.389. The summed E-state index contributed by atoms with van der Waals surface area (Å²) >= 11 is 0. The van der Waals surface area contributed by atoms with Crippen LogP contribution in [0, 0.1) is 11.3 Å². The molecular weight excluding hydrogens is 184 g/mol. The minimum Gasteiger partial charge on any atom is -0.403 e. The predicted molar refractivity (Wildman–Crippen MR) is 48.4 cm³/mol. The molecule has 0 aromatic carbocycles. The first kappa shape index (κ1) is 11.9. The molecule has 0 radical (unpaired) electrons. The van der Waals surface area contributed by atoms with Crippen molar-refractivity contribution < 1.29 is 14.3 Å². The number of hydrogen-bond acceptors (Lipinski definition) is 5. The third kappa shape index (κ3) is 6.61. The zero-order chi connectivity index (χ0) is 11.0. The molecule has 0 unspecified atom stereocenters. The smallest absolute Gasteiger partial charge is 0.339 e. The fraction of sp³-hybridized carbons (Fsp3) is 0.222. The van der Waals surface area contributed by atoms with E-state index in [2.05, 4.69) is 4.74 Å². The molecule has 0 rings (SSSR count). The van der Waals surface area contributed by atoms with Crippen LogP contribution in [0.15, 0.2) is 23.9 Å². The number of rotatable bonds is 3. The average Bonchev–Trinajstić information content (AvgIpc) is 2.11. The van der Waals surface area contributed by atoms with Crippen LogP contribution in [0.25, 0.3) is 0 Å². The summed E-state index contributed by atoms with van der Waals surface area (Å²) in [6.07, 6.45) is 3.18. The van der Waals surface area contributed by atoms with Gasteiger partial charge in [0.25, 0.3) is 0 Å². The van der Waals surface area contributed by atoms with Gasteiger partial charge < -0.3 is 10.5 Å². The summed E-state index contributed by atoms with van der Waals surface area (Å²) in [6, 6.07) is 1.60. The van der Waals surface area contributed by atoms with Gasteiger partial charge in [-0.15, -0.1) is 0 Å². The van der Waals surface area contributed by atoms with Gasteiger partial charge in [-0.05, 0) is 6.92 Å². The number of ether oxygens (including phenoxy) is 1. The quantitative estimate of drug-likeness (QED) is 0.303. The molecule has 14 heavy (non-hydrogen) atoms. The highest BCUT2D eigenvalue weighted by Crippen LogP contribution is 1.92. The summed E-state index contributed by atoms with van der Waals surface area (Å²) in [7, 11) is 0. The van der Waals surface area contributed by atoms with Gasteiger partial charge in [0.05, 0.1) is 12.5 Å². The lowest BCUT2D eigenvalue weighted by atomic mass is 10.3. The van der Waals surface area contributed by atoms with E-state index in [1.165, 1.54) is 6.08 Å². The van der Waals surface area contributed by atoms with Crippen LogP contribution >= 0.6 is 0 Å². The molecule has 0 heterocycles. The van der Waals surface area contributed by atoms with Crippen molar-refractivity contribution in [2.24, 2.45) is 5.73 Å². The largest absolute Gasteiger partial charge is 0.403 e.